The van der Waals surface area contributed by atoms with E-state index in [9.17, 15) is 22.8 Å². The Hall–Kier alpha value is -2.11. The van der Waals surface area contributed by atoms with Gasteiger partial charge in [0.25, 0.3) is 0 Å². The number of fused-ring (bicyclic) bond motifs is 1. The van der Waals surface area contributed by atoms with Crippen molar-refractivity contribution in [3.8, 4) is 0 Å². The zero-order chi connectivity index (χ0) is 18.0. The van der Waals surface area contributed by atoms with Gasteiger partial charge in [-0.2, -0.15) is 13.2 Å². The van der Waals surface area contributed by atoms with E-state index < -0.39 is 28.5 Å². The third-order valence-electron chi connectivity index (χ3n) is 4.84. The van der Waals surface area contributed by atoms with Gasteiger partial charge in [0.15, 0.2) is 22.6 Å². The summed E-state index contributed by atoms with van der Waals surface area (Å²) in [5, 5.41) is -0.168. The summed E-state index contributed by atoms with van der Waals surface area (Å²) in [4.78, 5) is 24.4. The van der Waals surface area contributed by atoms with Crippen molar-refractivity contribution in [1.82, 2.24) is 0 Å². The Labute approximate surface area is 142 Å². The number of rotatable bonds is 4. The highest BCUT2D eigenvalue weighted by atomic mass is 19.4. The number of alkyl halides is 3. The number of halogens is 3. The number of carbonyl (C=O) groups is 1. The fourth-order valence-corrected chi connectivity index (χ4v) is 3.47. The van der Waals surface area contributed by atoms with Crippen molar-refractivity contribution in [2.45, 2.75) is 51.1 Å². The lowest BCUT2D eigenvalue weighted by Crippen LogP contribution is -2.13. The molecule has 1 aromatic carbocycles. The van der Waals surface area contributed by atoms with Crippen LogP contribution in [0.25, 0.3) is 11.0 Å². The molecule has 0 spiro atoms. The minimum absolute atomic E-state index is 0.168. The molecule has 1 aliphatic rings. The van der Waals surface area contributed by atoms with Crippen molar-refractivity contribution in [3.05, 3.63) is 45.8 Å². The van der Waals surface area contributed by atoms with Gasteiger partial charge < -0.3 is 4.42 Å². The zero-order valence-corrected chi connectivity index (χ0v) is 13.7. The van der Waals surface area contributed by atoms with Crippen LogP contribution in [0.5, 0.6) is 0 Å². The van der Waals surface area contributed by atoms with Gasteiger partial charge in [-0.1, -0.05) is 38.2 Å². The summed E-state index contributed by atoms with van der Waals surface area (Å²) in [6, 6.07) is 4.28. The number of hydrogen-bond donors (Lipinski definition) is 0. The van der Waals surface area contributed by atoms with Crippen LogP contribution < -0.4 is 5.43 Å². The second kappa shape index (κ2) is 7.02. The second-order valence-electron chi connectivity index (χ2n) is 6.62. The summed E-state index contributed by atoms with van der Waals surface area (Å²) < 4.78 is 44.6. The van der Waals surface area contributed by atoms with Crippen LogP contribution in [-0.4, -0.2) is 5.78 Å². The molecule has 2 aromatic rings. The smallest absolute Gasteiger partial charge is 0.420 e. The van der Waals surface area contributed by atoms with Crippen LogP contribution in [0.2, 0.25) is 0 Å². The molecule has 0 saturated heterocycles. The average Bonchev–Trinajstić information content (AvgIpc) is 2.59. The molecule has 1 heterocycles. The summed E-state index contributed by atoms with van der Waals surface area (Å²) in [5.74, 6) is -0.234. The van der Waals surface area contributed by atoms with Crippen LogP contribution in [0.4, 0.5) is 13.2 Å². The Bertz CT molecular complexity index is 830. The quantitative estimate of drug-likeness (QED) is 0.697. The molecule has 25 heavy (non-hydrogen) atoms. The summed E-state index contributed by atoms with van der Waals surface area (Å²) in [5.41, 5.74) is -2.24. The summed E-state index contributed by atoms with van der Waals surface area (Å²) in [6.45, 7) is 0. The molecule has 3 rings (SSSR count). The van der Waals surface area contributed by atoms with Crippen molar-refractivity contribution in [2.24, 2.45) is 5.92 Å². The highest BCUT2D eigenvalue weighted by Crippen LogP contribution is 2.34. The predicted octanol–water partition coefficient (Wildman–Crippen LogP) is 5.36. The van der Waals surface area contributed by atoms with Gasteiger partial charge in [0.2, 0.25) is 0 Å². The lowest BCUT2D eigenvalue weighted by Gasteiger charge is -2.20. The summed E-state index contributed by atoms with van der Waals surface area (Å²) in [7, 11) is 0. The van der Waals surface area contributed by atoms with Gasteiger partial charge in [0, 0.05) is 12.5 Å². The number of Topliss-reactive ketones (excluding diaryl/α,β-unsaturated/α-hetero) is 1. The Morgan fingerprint density at radius 3 is 2.56 bits per heavy atom. The van der Waals surface area contributed by atoms with Crippen molar-refractivity contribution in [3.63, 3.8) is 0 Å². The average molecular weight is 352 g/mol. The van der Waals surface area contributed by atoms with Gasteiger partial charge in [0.05, 0.1) is 10.9 Å². The molecule has 6 heteroatoms. The molecular weight excluding hydrogens is 333 g/mol. The van der Waals surface area contributed by atoms with Crippen LogP contribution in [0.3, 0.4) is 0 Å². The Balaban J connectivity index is 1.88. The highest BCUT2D eigenvalue weighted by molar-refractivity contribution is 5.95. The molecule has 0 unspecified atom stereocenters. The van der Waals surface area contributed by atoms with Crippen LogP contribution in [0, 0.1) is 5.92 Å². The first kappa shape index (κ1) is 17.7. The van der Waals surface area contributed by atoms with E-state index in [0.717, 1.165) is 43.9 Å². The van der Waals surface area contributed by atoms with Crippen LogP contribution in [-0.2, 0) is 6.18 Å². The van der Waals surface area contributed by atoms with Crippen molar-refractivity contribution in [2.75, 3.05) is 0 Å². The maximum absolute atomic E-state index is 13.1. The topological polar surface area (TPSA) is 47.3 Å². The minimum Gasteiger partial charge on any atom is -0.452 e. The van der Waals surface area contributed by atoms with E-state index >= 15 is 0 Å². The molecule has 0 N–H and O–H groups in total. The monoisotopic (exact) mass is 352 g/mol. The van der Waals surface area contributed by atoms with E-state index in [1.807, 2.05) is 0 Å². The molecular formula is C19H19F3O3. The molecule has 0 atom stereocenters. The van der Waals surface area contributed by atoms with Crippen LogP contribution >= 0.6 is 0 Å². The molecule has 0 radical (unpaired) electrons. The van der Waals surface area contributed by atoms with Crippen LogP contribution in [0.1, 0.15) is 61.1 Å². The predicted molar refractivity (Wildman–Crippen MR) is 87.6 cm³/mol. The first-order valence-corrected chi connectivity index (χ1v) is 8.53. The summed E-state index contributed by atoms with van der Waals surface area (Å²) in [6.07, 6.45) is 1.89. The van der Waals surface area contributed by atoms with Gasteiger partial charge in [-0.15, -0.1) is 0 Å². The molecule has 0 aliphatic heterocycles. The van der Waals surface area contributed by atoms with Crippen molar-refractivity contribution < 1.29 is 22.4 Å². The molecule has 1 fully saturated rings. The molecule has 3 nitrogen and oxygen atoms in total. The molecule has 1 saturated carbocycles. The van der Waals surface area contributed by atoms with Gasteiger partial charge in [-0.25, -0.2) is 0 Å². The molecule has 134 valence electrons. The maximum Gasteiger partial charge on any atom is 0.420 e. The maximum atomic E-state index is 13.1. The lowest BCUT2D eigenvalue weighted by atomic mass is 9.85. The molecule has 1 aliphatic carbocycles. The van der Waals surface area contributed by atoms with E-state index in [-0.39, 0.29) is 17.6 Å². The van der Waals surface area contributed by atoms with E-state index in [1.54, 1.807) is 0 Å². The number of hydrogen-bond acceptors (Lipinski definition) is 3. The fourth-order valence-electron chi connectivity index (χ4n) is 3.47. The highest BCUT2D eigenvalue weighted by Gasteiger charge is 2.34. The van der Waals surface area contributed by atoms with Crippen LogP contribution in [0.15, 0.2) is 33.5 Å². The first-order valence-electron chi connectivity index (χ1n) is 8.53. The third kappa shape index (κ3) is 3.94. The second-order valence-corrected chi connectivity index (χ2v) is 6.62. The normalized spacial score (nSPS) is 16.3. The van der Waals surface area contributed by atoms with E-state index in [4.69, 9.17) is 4.42 Å². The molecule has 0 amide bonds. The molecule has 1 aromatic heterocycles. The zero-order valence-electron chi connectivity index (χ0n) is 13.7. The Kier molecular flexibility index (Phi) is 4.97. The van der Waals surface area contributed by atoms with Gasteiger partial charge in [0.1, 0.15) is 0 Å². The number of para-hydroxylation sites is 1. The SMILES string of the molecule is O=C(CCC1CCCCC1)c1cc(=O)c2cccc(C(F)(F)F)c2o1. The molecule has 0 bridgehead atoms. The van der Waals surface area contributed by atoms with Crippen molar-refractivity contribution >= 4 is 16.8 Å². The number of carbonyl (C=O) groups excluding carboxylic acids is 1. The van der Waals surface area contributed by atoms with Gasteiger partial charge >= 0.3 is 6.18 Å². The first-order chi connectivity index (χ1) is 11.9. The van der Waals surface area contributed by atoms with Gasteiger partial charge in [-0.3, -0.25) is 9.59 Å². The summed E-state index contributed by atoms with van der Waals surface area (Å²) >= 11 is 0. The minimum atomic E-state index is -4.65. The van der Waals surface area contributed by atoms with E-state index in [1.165, 1.54) is 12.5 Å². The fraction of sp³-hybridized carbons (Fsp3) is 0.474. The van der Waals surface area contributed by atoms with Crippen molar-refractivity contribution in [1.29, 1.82) is 0 Å². The third-order valence-corrected chi connectivity index (χ3v) is 4.84. The van der Waals surface area contributed by atoms with Gasteiger partial charge in [-0.05, 0) is 24.5 Å². The largest absolute Gasteiger partial charge is 0.452 e. The standard InChI is InChI=1S/C19H19F3O3/c20-19(21,22)14-8-4-7-13-16(24)11-17(25-18(13)14)15(23)10-9-12-5-2-1-3-6-12/h4,7-8,11-12H,1-3,5-6,9-10H2. The van der Waals surface area contributed by atoms with E-state index in [2.05, 4.69) is 0 Å². The Morgan fingerprint density at radius 2 is 1.88 bits per heavy atom. The van der Waals surface area contributed by atoms with E-state index in [0.29, 0.717) is 12.3 Å². The number of ketones is 1. The Morgan fingerprint density at radius 1 is 1.16 bits per heavy atom. The lowest BCUT2D eigenvalue weighted by molar-refractivity contribution is -0.136. The number of benzene rings is 1.